The van der Waals surface area contributed by atoms with Crippen LogP contribution in [0.1, 0.15) is 26.2 Å². The molecule has 0 aromatic heterocycles. The lowest BCUT2D eigenvalue weighted by Crippen LogP contribution is -2.39. The van der Waals surface area contributed by atoms with Gasteiger partial charge in [-0.25, -0.2) is 0 Å². The summed E-state index contributed by atoms with van der Waals surface area (Å²) in [6.07, 6.45) is 3.44. The molecule has 0 amide bonds. The van der Waals surface area contributed by atoms with Crippen LogP contribution in [-0.2, 0) is 0 Å². The Morgan fingerprint density at radius 3 is 3.05 bits per heavy atom. The molecule has 4 heteroatoms. The lowest BCUT2D eigenvalue weighted by atomic mass is 10.1. The molecule has 1 aliphatic rings. The average Bonchev–Trinajstić information content (AvgIpc) is 2.38. The van der Waals surface area contributed by atoms with Crippen LogP contribution in [-0.4, -0.2) is 37.7 Å². The highest BCUT2D eigenvalue weighted by Crippen LogP contribution is 2.29. The van der Waals surface area contributed by atoms with E-state index in [9.17, 15) is 0 Å². The van der Waals surface area contributed by atoms with Crippen molar-refractivity contribution in [3.63, 3.8) is 0 Å². The minimum absolute atomic E-state index is 0.473. The number of anilines is 1. The van der Waals surface area contributed by atoms with Gasteiger partial charge in [0.15, 0.2) is 0 Å². The number of likely N-dealkylation sites (N-methyl/N-ethyl adjacent to an activating group) is 1. The van der Waals surface area contributed by atoms with E-state index in [1.54, 1.807) is 0 Å². The first-order chi connectivity index (χ1) is 9.19. The van der Waals surface area contributed by atoms with Crippen LogP contribution in [0.3, 0.4) is 0 Å². The van der Waals surface area contributed by atoms with Gasteiger partial charge in [0, 0.05) is 17.6 Å². The molecule has 0 saturated carbocycles. The van der Waals surface area contributed by atoms with Crippen LogP contribution in [0.4, 0.5) is 5.69 Å². The first kappa shape index (κ1) is 14.5. The van der Waals surface area contributed by atoms with E-state index in [4.69, 9.17) is 16.3 Å². The van der Waals surface area contributed by atoms with E-state index in [0.717, 1.165) is 36.0 Å². The maximum absolute atomic E-state index is 6.09. The number of hydrogen-bond donors (Lipinski definition) is 1. The van der Waals surface area contributed by atoms with E-state index in [1.807, 2.05) is 18.2 Å². The number of halogens is 1. The summed E-state index contributed by atoms with van der Waals surface area (Å²) in [5.74, 6) is 0.902. The summed E-state index contributed by atoms with van der Waals surface area (Å²) in [5.41, 5.74) is 1.02. The lowest BCUT2D eigenvalue weighted by molar-refractivity contribution is 0.260. The number of piperidine rings is 1. The molecule has 3 nitrogen and oxygen atoms in total. The molecule has 1 atom stereocenters. The molecule has 1 N–H and O–H groups in total. The van der Waals surface area contributed by atoms with Gasteiger partial charge in [-0.05, 0) is 51.1 Å². The summed E-state index contributed by atoms with van der Waals surface area (Å²) < 4.78 is 5.77. The Kier molecular flexibility index (Phi) is 5.34. The Morgan fingerprint density at radius 1 is 1.47 bits per heavy atom. The normalized spacial score (nSPS) is 20.3. The van der Waals surface area contributed by atoms with E-state index in [2.05, 4.69) is 24.2 Å². The molecule has 1 saturated heterocycles. The molecule has 1 unspecified atom stereocenters. The second-order valence-electron chi connectivity index (χ2n) is 5.23. The average molecular weight is 283 g/mol. The Labute approximate surface area is 120 Å². The molecule has 0 spiro atoms. The van der Waals surface area contributed by atoms with Crippen LogP contribution < -0.4 is 10.1 Å². The molecule has 19 heavy (non-hydrogen) atoms. The minimum Gasteiger partial charge on any atom is -0.491 e. The van der Waals surface area contributed by atoms with Crippen LogP contribution in [0.25, 0.3) is 0 Å². The van der Waals surface area contributed by atoms with Crippen LogP contribution in [0.15, 0.2) is 18.2 Å². The first-order valence-electron chi connectivity index (χ1n) is 7.06. The number of rotatable bonds is 5. The van der Waals surface area contributed by atoms with Gasteiger partial charge in [0.2, 0.25) is 0 Å². The predicted octanol–water partition coefficient (Wildman–Crippen LogP) is 3.63. The van der Waals surface area contributed by atoms with Crippen LogP contribution in [0, 0.1) is 0 Å². The summed E-state index contributed by atoms with van der Waals surface area (Å²) in [5, 5.41) is 4.32. The fourth-order valence-corrected chi connectivity index (χ4v) is 2.63. The third kappa shape index (κ3) is 4.29. The van der Waals surface area contributed by atoms with Gasteiger partial charge in [0.25, 0.3) is 0 Å². The molecule has 2 rings (SSSR count). The minimum atomic E-state index is 0.473. The van der Waals surface area contributed by atoms with Crippen LogP contribution in [0.5, 0.6) is 5.75 Å². The van der Waals surface area contributed by atoms with Gasteiger partial charge in [-0.15, -0.1) is 0 Å². The highest BCUT2D eigenvalue weighted by atomic mass is 35.5. The van der Waals surface area contributed by atoms with Crippen molar-refractivity contribution >= 4 is 17.3 Å². The summed E-state index contributed by atoms with van der Waals surface area (Å²) in [4.78, 5) is 2.36. The molecule has 1 aliphatic heterocycles. The Bertz CT molecular complexity index is 411. The van der Waals surface area contributed by atoms with Crippen molar-refractivity contribution in [1.82, 2.24) is 4.90 Å². The largest absolute Gasteiger partial charge is 0.491 e. The third-order valence-electron chi connectivity index (χ3n) is 3.39. The Hall–Kier alpha value is -0.930. The van der Waals surface area contributed by atoms with Gasteiger partial charge in [-0.3, -0.25) is 0 Å². The van der Waals surface area contributed by atoms with Gasteiger partial charge in [-0.2, -0.15) is 0 Å². The molecular weight excluding hydrogens is 260 g/mol. The zero-order chi connectivity index (χ0) is 13.7. The monoisotopic (exact) mass is 282 g/mol. The van der Waals surface area contributed by atoms with Crippen molar-refractivity contribution in [3.05, 3.63) is 23.2 Å². The molecule has 1 heterocycles. The molecule has 0 bridgehead atoms. The SMILES string of the molecule is CCCOc1ccc(Cl)cc1NC1CCCN(C)C1. The second kappa shape index (κ2) is 7.01. The quantitative estimate of drug-likeness (QED) is 0.892. The zero-order valence-corrected chi connectivity index (χ0v) is 12.5. The standard InChI is InChI=1S/C15H23ClN2O/c1-3-9-19-15-7-6-12(16)10-14(15)17-13-5-4-8-18(2)11-13/h6-7,10,13,17H,3-5,8-9,11H2,1-2H3. The zero-order valence-electron chi connectivity index (χ0n) is 11.8. The summed E-state index contributed by atoms with van der Waals surface area (Å²) in [7, 11) is 2.17. The van der Waals surface area contributed by atoms with Gasteiger partial charge in [0.1, 0.15) is 5.75 Å². The predicted molar refractivity (Wildman–Crippen MR) is 81.4 cm³/mol. The second-order valence-corrected chi connectivity index (χ2v) is 5.67. The number of ether oxygens (including phenoxy) is 1. The molecule has 1 fully saturated rings. The number of nitrogens with one attached hydrogen (secondary N) is 1. The molecule has 0 aliphatic carbocycles. The van der Waals surface area contributed by atoms with E-state index < -0.39 is 0 Å². The van der Waals surface area contributed by atoms with Crippen LogP contribution >= 0.6 is 11.6 Å². The van der Waals surface area contributed by atoms with Crippen molar-refractivity contribution in [2.24, 2.45) is 0 Å². The number of nitrogens with zero attached hydrogens (tertiary/aromatic N) is 1. The maximum atomic E-state index is 6.09. The van der Waals surface area contributed by atoms with E-state index >= 15 is 0 Å². The van der Waals surface area contributed by atoms with Gasteiger partial charge in [-0.1, -0.05) is 18.5 Å². The Morgan fingerprint density at radius 2 is 2.32 bits per heavy atom. The molecule has 1 aromatic carbocycles. The topological polar surface area (TPSA) is 24.5 Å². The first-order valence-corrected chi connectivity index (χ1v) is 7.44. The smallest absolute Gasteiger partial charge is 0.142 e. The number of likely N-dealkylation sites (tertiary alicyclic amines) is 1. The maximum Gasteiger partial charge on any atom is 0.142 e. The third-order valence-corrected chi connectivity index (χ3v) is 3.62. The summed E-state index contributed by atoms with van der Waals surface area (Å²) in [6, 6.07) is 6.26. The number of benzene rings is 1. The highest BCUT2D eigenvalue weighted by molar-refractivity contribution is 6.30. The van der Waals surface area contributed by atoms with Gasteiger partial charge in [0.05, 0.1) is 12.3 Å². The van der Waals surface area contributed by atoms with E-state index in [-0.39, 0.29) is 0 Å². The molecule has 1 aromatic rings. The molecular formula is C15H23ClN2O. The van der Waals surface area contributed by atoms with Crippen molar-refractivity contribution in [2.75, 3.05) is 32.1 Å². The van der Waals surface area contributed by atoms with Crippen molar-refractivity contribution in [1.29, 1.82) is 0 Å². The van der Waals surface area contributed by atoms with Gasteiger partial charge >= 0.3 is 0 Å². The van der Waals surface area contributed by atoms with E-state index in [1.165, 1.54) is 19.4 Å². The lowest BCUT2D eigenvalue weighted by Gasteiger charge is -2.31. The fourth-order valence-electron chi connectivity index (χ4n) is 2.46. The molecule has 106 valence electrons. The summed E-state index contributed by atoms with van der Waals surface area (Å²) >= 11 is 6.09. The summed E-state index contributed by atoms with van der Waals surface area (Å²) in [6.45, 7) is 5.10. The Balaban J connectivity index is 2.06. The fraction of sp³-hybridized carbons (Fsp3) is 0.600. The van der Waals surface area contributed by atoms with Gasteiger partial charge < -0.3 is 15.0 Å². The van der Waals surface area contributed by atoms with Crippen molar-refractivity contribution in [2.45, 2.75) is 32.2 Å². The number of hydrogen-bond acceptors (Lipinski definition) is 3. The van der Waals surface area contributed by atoms with Crippen molar-refractivity contribution < 1.29 is 4.74 Å². The highest BCUT2D eigenvalue weighted by Gasteiger charge is 2.18. The van der Waals surface area contributed by atoms with E-state index in [0.29, 0.717) is 6.04 Å². The van der Waals surface area contributed by atoms with Crippen LogP contribution in [0.2, 0.25) is 5.02 Å². The van der Waals surface area contributed by atoms with Crippen molar-refractivity contribution in [3.8, 4) is 5.75 Å². The molecule has 0 radical (unpaired) electrons.